The molecule has 1 saturated carbocycles. The summed E-state index contributed by atoms with van der Waals surface area (Å²) in [7, 11) is 0. The van der Waals surface area contributed by atoms with Crippen molar-refractivity contribution in [3.8, 4) is 0 Å². The highest BCUT2D eigenvalue weighted by Crippen LogP contribution is 2.34. The number of aryl methyl sites for hydroxylation is 1. The van der Waals surface area contributed by atoms with E-state index in [2.05, 4.69) is 25.1 Å². The van der Waals surface area contributed by atoms with Crippen molar-refractivity contribution in [2.24, 2.45) is 5.92 Å². The highest BCUT2D eigenvalue weighted by atomic mass is 32.1. The van der Waals surface area contributed by atoms with Gasteiger partial charge >= 0.3 is 0 Å². The van der Waals surface area contributed by atoms with Crippen molar-refractivity contribution in [1.82, 2.24) is 24.7 Å². The van der Waals surface area contributed by atoms with Gasteiger partial charge in [-0.2, -0.15) is 0 Å². The summed E-state index contributed by atoms with van der Waals surface area (Å²) in [4.78, 5) is 45.2. The molecule has 186 valence electrons. The van der Waals surface area contributed by atoms with Crippen molar-refractivity contribution in [2.45, 2.75) is 26.2 Å². The van der Waals surface area contributed by atoms with Crippen molar-refractivity contribution in [3.63, 3.8) is 0 Å². The van der Waals surface area contributed by atoms with Crippen molar-refractivity contribution < 1.29 is 14.4 Å². The van der Waals surface area contributed by atoms with Crippen LogP contribution in [0.4, 0.5) is 11.4 Å². The fourth-order valence-electron chi connectivity index (χ4n) is 4.61. The molecule has 10 nitrogen and oxygen atoms in total. The molecule has 1 aromatic heterocycles. The third-order valence-corrected chi connectivity index (χ3v) is 7.64. The van der Waals surface area contributed by atoms with Crippen LogP contribution in [0.25, 0.3) is 0 Å². The zero-order valence-corrected chi connectivity index (χ0v) is 20.8. The van der Waals surface area contributed by atoms with Crippen LogP contribution in [0.5, 0.6) is 0 Å². The van der Waals surface area contributed by atoms with Crippen LogP contribution in [0.15, 0.2) is 18.2 Å². The summed E-state index contributed by atoms with van der Waals surface area (Å²) in [6.45, 7) is 7.33. The number of hydrogen-bond acceptors (Lipinski definition) is 8. The van der Waals surface area contributed by atoms with Gasteiger partial charge in [0.1, 0.15) is 4.88 Å². The summed E-state index contributed by atoms with van der Waals surface area (Å²) in [5.74, 6) is 0.0291. The van der Waals surface area contributed by atoms with Crippen molar-refractivity contribution in [2.75, 3.05) is 62.6 Å². The van der Waals surface area contributed by atoms with Crippen molar-refractivity contribution >= 4 is 40.6 Å². The number of nitrogens with one attached hydrogen (secondary N) is 2. The average Bonchev–Trinajstić information content (AvgIpc) is 3.68. The number of anilines is 2. The number of rotatable bonds is 5. The van der Waals surface area contributed by atoms with Gasteiger partial charge in [0.05, 0.1) is 17.1 Å². The minimum Gasteiger partial charge on any atom is -0.368 e. The monoisotopic (exact) mass is 497 g/mol. The average molecular weight is 498 g/mol. The van der Waals surface area contributed by atoms with Crippen molar-refractivity contribution in [3.05, 3.63) is 34.3 Å². The molecule has 2 N–H and O–H groups in total. The summed E-state index contributed by atoms with van der Waals surface area (Å²) in [6, 6.07) is 5.61. The Kier molecular flexibility index (Phi) is 6.96. The fourth-order valence-corrected chi connectivity index (χ4v) is 5.23. The quantitative estimate of drug-likeness (QED) is 0.645. The van der Waals surface area contributed by atoms with E-state index >= 15 is 0 Å². The molecule has 3 aliphatic rings. The zero-order valence-electron chi connectivity index (χ0n) is 20.0. The van der Waals surface area contributed by atoms with Crippen molar-refractivity contribution in [1.29, 1.82) is 0 Å². The summed E-state index contributed by atoms with van der Waals surface area (Å²) in [5, 5.41) is 10.3. The molecule has 2 aromatic rings. The maximum absolute atomic E-state index is 13.1. The fraction of sp³-hybridized carbons (Fsp3) is 0.542. The molecule has 11 heteroatoms. The predicted molar refractivity (Wildman–Crippen MR) is 134 cm³/mol. The molecular weight excluding hydrogens is 466 g/mol. The molecule has 0 spiro atoms. The minimum atomic E-state index is -0.0291. The summed E-state index contributed by atoms with van der Waals surface area (Å²) in [6.07, 6.45) is 2.62. The summed E-state index contributed by atoms with van der Waals surface area (Å²) < 4.78 is 3.90. The van der Waals surface area contributed by atoms with E-state index in [4.69, 9.17) is 0 Å². The molecule has 0 unspecified atom stereocenters. The van der Waals surface area contributed by atoms with Crippen LogP contribution in [0.1, 0.15) is 45.0 Å². The highest BCUT2D eigenvalue weighted by Gasteiger charge is 2.31. The molecule has 0 bridgehead atoms. The molecule has 2 aliphatic heterocycles. The Morgan fingerprint density at radius 2 is 1.77 bits per heavy atom. The van der Waals surface area contributed by atoms with Gasteiger partial charge in [-0.3, -0.25) is 14.4 Å². The van der Waals surface area contributed by atoms with Gasteiger partial charge in [0.15, 0.2) is 0 Å². The number of carbonyl (C=O) groups excluding carboxylic acids is 3. The Labute approximate surface area is 208 Å². The van der Waals surface area contributed by atoms with Gasteiger partial charge in [-0.05, 0) is 55.9 Å². The van der Waals surface area contributed by atoms with E-state index in [0.29, 0.717) is 54.5 Å². The van der Waals surface area contributed by atoms with Gasteiger partial charge in [0, 0.05) is 63.8 Å². The second kappa shape index (κ2) is 10.3. The largest absolute Gasteiger partial charge is 0.368 e. The molecule has 0 radical (unpaired) electrons. The summed E-state index contributed by atoms with van der Waals surface area (Å²) >= 11 is 1.14. The third kappa shape index (κ3) is 5.30. The molecule has 2 saturated heterocycles. The Morgan fingerprint density at radius 1 is 1.00 bits per heavy atom. The van der Waals surface area contributed by atoms with E-state index < -0.39 is 0 Å². The maximum Gasteiger partial charge on any atom is 0.267 e. The smallest absolute Gasteiger partial charge is 0.267 e. The van der Waals surface area contributed by atoms with E-state index in [0.717, 1.165) is 56.1 Å². The first-order valence-corrected chi connectivity index (χ1v) is 13.1. The highest BCUT2D eigenvalue weighted by molar-refractivity contribution is 7.07. The lowest BCUT2D eigenvalue weighted by Gasteiger charge is -2.29. The molecule has 3 amide bonds. The lowest BCUT2D eigenvalue weighted by molar-refractivity contribution is -0.117. The number of aromatic nitrogens is 2. The van der Waals surface area contributed by atoms with Gasteiger partial charge in [-0.15, -0.1) is 5.10 Å². The molecule has 1 aromatic carbocycles. The SMILES string of the molecule is Cc1nnsc1C(=O)N1CCCN(c2ccc(C(=O)N3CCNCC3)cc2NC(=O)C2CC2)CC1. The Bertz CT molecular complexity index is 1110. The van der Waals surface area contributed by atoms with Gasteiger partial charge in [0.2, 0.25) is 5.91 Å². The molecule has 3 heterocycles. The maximum atomic E-state index is 13.1. The number of amides is 3. The minimum absolute atomic E-state index is 0.0119. The third-order valence-electron chi connectivity index (χ3n) is 6.82. The van der Waals surface area contributed by atoms with E-state index in [1.165, 1.54) is 0 Å². The van der Waals surface area contributed by atoms with Gasteiger partial charge < -0.3 is 25.3 Å². The first kappa shape index (κ1) is 23.7. The lowest BCUT2D eigenvalue weighted by Crippen LogP contribution is -2.46. The number of benzene rings is 1. The number of nitrogens with zero attached hydrogens (tertiary/aromatic N) is 5. The summed E-state index contributed by atoms with van der Waals surface area (Å²) in [5.41, 5.74) is 2.81. The molecular formula is C24H31N7O3S. The second-order valence-electron chi connectivity index (χ2n) is 9.36. The standard InChI is InChI=1S/C24H31N7O3S/c1-16-21(35-28-27-16)24(34)30-10-2-9-29(13-14-30)20-6-5-18(23(33)31-11-7-25-8-12-31)15-19(20)26-22(32)17-3-4-17/h5-6,15,17,25H,2-4,7-14H2,1H3,(H,26,32). The van der Waals surface area contributed by atoms with Crippen LogP contribution in [0.3, 0.4) is 0 Å². The number of piperazine rings is 1. The second-order valence-corrected chi connectivity index (χ2v) is 10.1. The predicted octanol–water partition coefficient (Wildman–Crippen LogP) is 1.59. The van der Waals surface area contributed by atoms with Gasteiger partial charge in [-0.25, -0.2) is 0 Å². The van der Waals surface area contributed by atoms with Crippen LogP contribution in [0, 0.1) is 12.8 Å². The topological polar surface area (TPSA) is 111 Å². The van der Waals surface area contributed by atoms with E-state index in [9.17, 15) is 14.4 Å². The Balaban J connectivity index is 1.35. The molecule has 0 atom stereocenters. The van der Waals surface area contributed by atoms with Crippen LogP contribution >= 0.6 is 11.5 Å². The van der Waals surface area contributed by atoms with E-state index in [1.54, 1.807) is 6.92 Å². The lowest BCUT2D eigenvalue weighted by atomic mass is 10.1. The van der Waals surface area contributed by atoms with Gasteiger partial charge in [0.25, 0.3) is 11.8 Å². The number of hydrogen-bond donors (Lipinski definition) is 2. The zero-order chi connectivity index (χ0) is 24.4. The Hall–Kier alpha value is -3.05. The molecule has 5 rings (SSSR count). The molecule has 35 heavy (non-hydrogen) atoms. The van der Waals surface area contributed by atoms with Gasteiger partial charge in [-0.1, -0.05) is 4.49 Å². The normalized spacial score (nSPS) is 18.8. The van der Waals surface area contributed by atoms with E-state index in [1.807, 2.05) is 28.0 Å². The Morgan fingerprint density at radius 3 is 2.49 bits per heavy atom. The van der Waals surface area contributed by atoms with Crippen LogP contribution in [0.2, 0.25) is 0 Å². The molecule has 3 fully saturated rings. The van der Waals surface area contributed by atoms with Crippen LogP contribution in [-0.2, 0) is 4.79 Å². The van der Waals surface area contributed by atoms with Crippen LogP contribution in [-0.4, -0.2) is 89.5 Å². The number of carbonyl (C=O) groups is 3. The van der Waals surface area contributed by atoms with Crippen LogP contribution < -0.4 is 15.5 Å². The molecule has 1 aliphatic carbocycles. The first-order chi connectivity index (χ1) is 17.0. The first-order valence-electron chi connectivity index (χ1n) is 12.3. The van der Waals surface area contributed by atoms with E-state index in [-0.39, 0.29) is 23.6 Å².